The molecule has 0 bridgehead atoms. The molecule has 0 spiro atoms. The third-order valence-electron chi connectivity index (χ3n) is 3.52. The Bertz CT molecular complexity index is 1160. The highest BCUT2D eigenvalue weighted by Gasteiger charge is 2.24. The number of anilines is 1. The normalized spacial score (nSPS) is 11.1. The molecule has 26 heavy (non-hydrogen) atoms. The first-order valence-corrected chi connectivity index (χ1v) is 6.71. The van der Waals surface area contributed by atoms with Crippen LogP contribution in [0.1, 0.15) is 10.4 Å². The lowest BCUT2D eigenvalue weighted by molar-refractivity contribution is 0.0695. The first-order chi connectivity index (χ1) is 12.1. The summed E-state index contributed by atoms with van der Waals surface area (Å²) in [5.41, 5.74) is 1.89. The highest BCUT2D eigenvalue weighted by molar-refractivity contribution is 5.93. The molecule has 0 saturated carbocycles. The highest BCUT2D eigenvalue weighted by Crippen LogP contribution is 2.26. The molecule has 6 nitrogen and oxygen atoms in total. The Balaban J connectivity index is 2.59. The summed E-state index contributed by atoms with van der Waals surface area (Å²) in [6.07, 6.45) is 0.455. The van der Waals surface area contributed by atoms with Crippen LogP contribution in [0.25, 0.3) is 16.7 Å². The van der Waals surface area contributed by atoms with Gasteiger partial charge in [-0.15, -0.1) is 0 Å². The van der Waals surface area contributed by atoms with Crippen LogP contribution < -0.4 is 11.2 Å². The number of halogens is 5. The Morgan fingerprint density at radius 3 is 2.31 bits per heavy atom. The maximum Gasteiger partial charge on any atom is 0.341 e. The number of hydrogen-bond donors (Lipinski definition) is 2. The molecule has 11 heteroatoms. The molecule has 0 atom stereocenters. The SMILES string of the molecule is Nc1nc(-n2cc(C(=O)O)c(=O)c3cc(F)c(F)c(F)c32)c(F)cc1F. The second kappa shape index (κ2) is 5.79. The molecule has 134 valence electrons. The smallest absolute Gasteiger partial charge is 0.341 e. The van der Waals surface area contributed by atoms with Gasteiger partial charge in [0, 0.05) is 12.3 Å². The van der Waals surface area contributed by atoms with E-state index in [1.165, 1.54) is 0 Å². The average Bonchev–Trinajstić information content (AvgIpc) is 2.57. The summed E-state index contributed by atoms with van der Waals surface area (Å²) in [4.78, 5) is 26.7. The zero-order valence-electron chi connectivity index (χ0n) is 12.4. The molecule has 0 saturated heterocycles. The number of benzene rings is 1. The van der Waals surface area contributed by atoms with E-state index in [0.717, 1.165) is 0 Å². The Kier molecular flexibility index (Phi) is 3.86. The molecule has 3 N–H and O–H groups in total. The van der Waals surface area contributed by atoms with E-state index in [1.54, 1.807) is 0 Å². The first kappa shape index (κ1) is 17.3. The van der Waals surface area contributed by atoms with E-state index in [4.69, 9.17) is 10.8 Å². The molecule has 0 radical (unpaired) electrons. The van der Waals surface area contributed by atoms with Crippen molar-refractivity contribution in [3.63, 3.8) is 0 Å². The molecule has 0 amide bonds. The number of nitrogen functional groups attached to an aromatic ring is 1. The molecule has 2 heterocycles. The van der Waals surface area contributed by atoms with Crippen LogP contribution in [-0.2, 0) is 0 Å². The fourth-order valence-electron chi connectivity index (χ4n) is 2.35. The summed E-state index contributed by atoms with van der Waals surface area (Å²) in [5.74, 6) is -11.8. The van der Waals surface area contributed by atoms with Gasteiger partial charge in [-0.25, -0.2) is 31.7 Å². The van der Waals surface area contributed by atoms with Crippen molar-refractivity contribution in [3.8, 4) is 5.82 Å². The summed E-state index contributed by atoms with van der Waals surface area (Å²) >= 11 is 0. The van der Waals surface area contributed by atoms with E-state index in [1.807, 2.05) is 0 Å². The van der Waals surface area contributed by atoms with Crippen LogP contribution in [0.3, 0.4) is 0 Å². The number of fused-ring (bicyclic) bond motifs is 1. The number of aromatic nitrogens is 2. The first-order valence-electron chi connectivity index (χ1n) is 6.71. The Hall–Kier alpha value is -3.50. The van der Waals surface area contributed by atoms with Crippen molar-refractivity contribution >= 4 is 22.7 Å². The molecular weight excluding hydrogens is 365 g/mol. The maximum atomic E-state index is 14.3. The van der Waals surface area contributed by atoms with Gasteiger partial charge in [0.1, 0.15) is 5.56 Å². The molecule has 0 aliphatic heterocycles. The van der Waals surface area contributed by atoms with E-state index >= 15 is 0 Å². The van der Waals surface area contributed by atoms with Crippen molar-refractivity contribution in [3.05, 3.63) is 63.2 Å². The molecule has 1 aromatic carbocycles. The van der Waals surface area contributed by atoms with E-state index in [2.05, 4.69) is 4.98 Å². The van der Waals surface area contributed by atoms with Crippen LogP contribution in [0.5, 0.6) is 0 Å². The van der Waals surface area contributed by atoms with Gasteiger partial charge in [-0.3, -0.25) is 9.36 Å². The van der Waals surface area contributed by atoms with Gasteiger partial charge in [0.05, 0.1) is 10.9 Å². The summed E-state index contributed by atoms with van der Waals surface area (Å²) in [7, 11) is 0. The number of hydrogen-bond acceptors (Lipinski definition) is 4. The molecule has 0 aliphatic rings. The number of pyridine rings is 2. The second-order valence-corrected chi connectivity index (χ2v) is 5.09. The number of nitrogens with zero attached hydrogens (tertiary/aromatic N) is 2. The van der Waals surface area contributed by atoms with Crippen molar-refractivity contribution in [2.75, 3.05) is 5.73 Å². The Morgan fingerprint density at radius 2 is 1.69 bits per heavy atom. The highest BCUT2D eigenvalue weighted by atomic mass is 19.2. The van der Waals surface area contributed by atoms with Gasteiger partial charge in [0.15, 0.2) is 40.7 Å². The van der Waals surface area contributed by atoms with E-state index in [-0.39, 0.29) is 12.1 Å². The molecule has 0 fully saturated rings. The van der Waals surface area contributed by atoms with Gasteiger partial charge in [0.2, 0.25) is 5.43 Å². The largest absolute Gasteiger partial charge is 0.477 e. The monoisotopic (exact) mass is 371 g/mol. The minimum atomic E-state index is -1.98. The summed E-state index contributed by atoms with van der Waals surface area (Å²) in [6.45, 7) is 0. The molecular formula is C15H6F5N3O3. The zero-order valence-corrected chi connectivity index (χ0v) is 12.4. The third kappa shape index (κ3) is 2.44. The lowest BCUT2D eigenvalue weighted by Gasteiger charge is -2.14. The number of nitrogens with two attached hydrogens (primary N) is 1. The van der Waals surface area contributed by atoms with Gasteiger partial charge in [-0.1, -0.05) is 0 Å². The number of aromatic carboxylic acids is 1. The maximum absolute atomic E-state index is 14.3. The van der Waals surface area contributed by atoms with Gasteiger partial charge in [-0.2, -0.15) is 0 Å². The summed E-state index contributed by atoms with van der Waals surface area (Å²) < 4.78 is 69.1. The van der Waals surface area contributed by atoms with Gasteiger partial charge >= 0.3 is 5.97 Å². The van der Waals surface area contributed by atoms with Crippen molar-refractivity contribution in [2.45, 2.75) is 0 Å². The van der Waals surface area contributed by atoms with Crippen LogP contribution in [0.15, 0.2) is 23.1 Å². The van der Waals surface area contributed by atoms with Crippen molar-refractivity contribution in [1.82, 2.24) is 9.55 Å². The second-order valence-electron chi connectivity index (χ2n) is 5.09. The third-order valence-corrected chi connectivity index (χ3v) is 3.52. The molecule has 0 aliphatic carbocycles. The van der Waals surface area contributed by atoms with Crippen LogP contribution in [0.4, 0.5) is 27.8 Å². The number of carboxylic acids is 1. The number of rotatable bonds is 2. The number of carboxylic acid groups (broad SMARTS) is 1. The zero-order chi connectivity index (χ0) is 19.3. The number of carbonyl (C=O) groups is 1. The minimum absolute atomic E-state index is 0.268. The minimum Gasteiger partial charge on any atom is -0.477 e. The molecule has 2 aromatic heterocycles. The average molecular weight is 371 g/mol. The van der Waals surface area contributed by atoms with Crippen LogP contribution >= 0.6 is 0 Å². The molecule has 3 rings (SSSR count). The van der Waals surface area contributed by atoms with Crippen LogP contribution in [0, 0.1) is 29.1 Å². The topological polar surface area (TPSA) is 98.2 Å². The predicted octanol–water partition coefficient (Wildman–Crippen LogP) is 2.36. The summed E-state index contributed by atoms with van der Waals surface area (Å²) in [5, 5.41) is 8.20. The van der Waals surface area contributed by atoms with Gasteiger partial charge in [0.25, 0.3) is 0 Å². The van der Waals surface area contributed by atoms with E-state index < -0.39 is 68.6 Å². The van der Waals surface area contributed by atoms with Crippen molar-refractivity contribution < 1.29 is 31.9 Å². The lowest BCUT2D eigenvalue weighted by Crippen LogP contribution is -2.21. The molecule has 0 unspecified atom stereocenters. The van der Waals surface area contributed by atoms with Gasteiger partial charge < -0.3 is 10.8 Å². The quantitative estimate of drug-likeness (QED) is 0.532. The van der Waals surface area contributed by atoms with Crippen LogP contribution in [0.2, 0.25) is 0 Å². The Labute approximate surface area is 139 Å². The van der Waals surface area contributed by atoms with E-state index in [0.29, 0.717) is 10.8 Å². The molecule has 3 aromatic rings. The van der Waals surface area contributed by atoms with Crippen LogP contribution in [-0.4, -0.2) is 20.6 Å². The standard InChI is InChI=1S/C15H6F5N3O3/c16-6-1-4-11(10(20)9(6)19)23(3-5(12(4)24)15(25)26)14-8(18)2-7(17)13(21)22-14/h1-3H,(H2,21,22)(H,25,26). The lowest BCUT2D eigenvalue weighted by atomic mass is 10.1. The summed E-state index contributed by atoms with van der Waals surface area (Å²) in [6, 6.07) is 0.545. The van der Waals surface area contributed by atoms with Gasteiger partial charge in [-0.05, 0) is 6.07 Å². The Morgan fingerprint density at radius 1 is 1.04 bits per heavy atom. The van der Waals surface area contributed by atoms with E-state index in [9.17, 15) is 31.5 Å². The van der Waals surface area contributed by atoms with Crippen molar-refractivity contribution in [1.29, 1.82) is 0 Å². The van der Waals surface area contributed by atoms with Crippen molar-refractivity contribution in [2.24, 2.45) is 0 Å². The predicted molar refractivity (Wildman–Crippen MR) is 78.5 cm³/mol. The fourth-order valence-corrected chi connectivity index (χ4v) is 2.35. The fraction of sp³-hybridized carbons (Fsp3) is 0.